The molecule has 0 spiro atoms. The molecule has 0 unspecified atom stereocenters. The lowest BCUT2D eigenvalue weighted by molar-refractivity contribution is 0.583. The van der Waals surface area contributed by atoms with Crippen molar-refractivity contribution in [1.29, 1.82) is 5.26 Å². The van der Waals surface area contributed by atoms with Crippen LogP contribution in [0, 0.1) is 24.1 Å². The van der Waals surface area contributed by atoms with E-state index < -0.39 is 11.9 Å². The van der Waals surface area contributed by atoms with E-state index in [4.69, 9.17) is 23.2 Å². The normalized spacial score (nSPS) is 13.4. The summed E-state index contributed by atoms with van der Waals surface area (Å²) < 4.78 is 14.1. The first-order valence-corrected chi connectivity index (χ1v) is 11.5. The monoisotopic (exact) mass is 521 g/mol. The van der Waals surface area contributed by atoms with E-state index in [1.807, 2.05) is 12.1 Å². The molecule has 0 fully saturated rings. The maximum Gasteiger partial charge on any atom is 0.146 e. The van der Waals surface area contributed by atoms with Gasteiger partial charge in [0.25, 0.3) is 0 Å². The summed E-state index contributed by atoms with van der Waals surface area (Å²) in [4.78, 5) is 12.6. The maximum absolute atomic E-state index is 14.1. The minimum atomic E-state index is -0.465. The molecule has 0 bridgehead atoms. The van der Waals surface area contributed by atoms with Crippen molar-refractivity contribution in [3.8, 4) is 6.07 Å². The third kappa shape index (κ3) is 4.55. The van der Waals surface area contributed by atoms with Gasteiger partial charge in [-0.2, -0.15) is 10.8 Å². The number of hydrazine groups is 2. The molecule has 0 amide bonds. The molecule has 36 heavy (non-hydrogen) atoms. The second kappa shape index (κ2) is 9.83. The summed E-state index contributed by atoms with van der Waals surface area (Å²) >= 11 is 13.0. The van der Waals surface area contributed by atoms with E-state index in [2.05, 4.69) is 48.0 Å². The first-order chi connectivity index (χ1) is 17.4. The zero-order valence-electron chi connectivity index (χ0n) is 18.7. The molecule has 3 aromatic heterocycles. The minimum Gasteiger partial charge on any atom is -0.373 e. The highest BCUT2D eigenvalue weighted by Crippen LogP contribution is 2.37. The van der Waals surface area contributed by atoms with Gasteiger partial charge in [-0.05, 0) is 25.1 Å². The molecule has 5 rings (SSSR count). The van der Waals surface area contributed by atoms with Crippen LogP contribution in [0.2, 0.25) is 10.2 Å². The number of nitrogens with zero attached hydrogens (tertiary/aromatic N) is 4. The van der Waals surface area contributed by atoms with Crippen molar-refractivity contribution in [2.75, 3.05) is 10.6 Å². The highest BCUT2D eigenvalue weighted by atomic mass is 35.5. The third-order valence-corrected chi connectivity index (χ3v) is 6.17. The lowest BCUT2D eigenvalue weighted by Crippen LogP contribution is -2.34. The molecule has 0 aliphatic carbocycles. The van der Waals surface area contributed by atoms with E-state index in [0.717, 1.165) is 11.3 Å². The molecular weight excluding hydrogens is 504 g/mol. The summed E-state index contributed by atoms with van der Waals surface area (Å²) in [6.45, 7) is 1.57. The summed E-state index contributed by atoms with van der Waals surface area (Å²) in [6.07, 6.45) is 6.28. The van der Waals surface area contributed by atoms with Gasteiger partial charge in [-0.25, -0.2) is 9.37 Å². The number of hydrogen-bond acceptors (Lipinski definition) is 9. The van der Waals surface area contributed by atoms with Gasteiger partial charge in [-0.1, -0.05) is 29.3 Å². The van der Waals surface area contributed by atoms with Gasteiger partial charge in [0.05, 0.1) is 51.1 Å². The number of anilines is 3. The van der Waals surface area contributed by atoms with Crippen LogP contribution in [0.15, 0.2) is 60.8 Å². The molecule has 12 heteroatoms. The summed E-state index contributed by atoms with van der Waals surface area (Å²) in [5.41, 5.74) is 12.7. The zero-order valence-corrected chi connectivity index (χ0v) is 20.2. The highest BCUT2D eigenvalue weighted by Gasteiger charge is 2.23. The molecule has 5 N–H and O–H groups in total. The number of aryl methyl sites for hydroxylation is 1. The average molecular weight is 522 g/mol. The first-order valence-electron chi connectivity index (χ1n) is 10.7. The number of nitriles is 1. The standard InChI is InChI=1S/C24H18Cl2FN9/c1-12-19(27)7-15(10-30-12)34-21-13(8-28)9-31-22-17(21)5-14(6-18(22)25)33-23(20-11-32-36-35-20)16-3-2-4-29-24(16)26/h2-7,9-11,23,32-33,35-36H,1H3,(H,31,34)/t23-/m0/s1. The summed E-state index contributed by atoms with van der Waals surface area (Å²) in [6, 6.07) is 10.2. The number of fused-ring (bicyclic) bond motifs is 1. The number of halogens is 3. The molecule has 4 aromatic rings. The molecule has 4 heterocycles. The van der Waals surface area contributed by atoms with E-state index in [0.29, 0.717) is 38.1 Å². The Morgan fingerprint density at radius 3 is 2.69 bits per heavy atom. The van der Waals surface area contributed by atoms with Crippen LogP contribution in [0.4, 0.5) is 21.5 Å². The largest absolute Gasteiger partial charge is 0.373 e. The third-order valence-electron chi connectivity index (χ3n) is 5.57. The van der Waals surface area contributed by atoms with Gasteiger partial charge in [0, 0.05) is 41.3 Å². The number of pyridine rings is 3. The Balaban J connectivity index is 1.61. The Hall–Kier alpha value is -4.17. The topological polar surface area (TPSA) is 123 Å². The van der Waals surface area contributed by atoms with Gasteiger partial charge < -0.3 is 21.5 Å². The molecule has 0 saturated heterocycles. The fraction of sp³-hybridized carbons (Fsp3) is 0.0833. The molecule has 1 aliphatic heterocycles. The molecule has 1 atom stereocenters. The van der Waals surface area contributed by atoms with Crippen LogP contribution in [0.3, 0.4) is 0 Å². The lowest BCUT2D eigenvalue weighted by atomic mass is 10.0. The zero-order chi connectivity index (χ0) is 25.2. The van der Waals surface area contributed by atoms with Gasteiger partial charge in [0.2, 0.25) is 0 Å². The second-order valence-corrected chi connectivity index (χ2v) is 8.65. The Morgan fingerprint density at radius 2 is 1.97 bits per heavy atom. The van der Waals surface area contributed by atoms with Crippen LogP contribution < -0.4 is 27.0 Å². The summed E-state index contributed by atoms with van der Waals surface area (Å²) in [7, 11) is 0. The summed E-state index contributed by atoms with van der Waals surface area (Å²) in [5, 5.41) is 17.5. The number of benzene rings is 1. The van der Waals surface area contributed by atoms with Crippen LogP contribution in [0.25, 0.3) is 10.9 Å². The Bertz CT molecular complexity index is 1550. The van der Waals surface area contributed by atoms with Crippen LogP contribution >= 0.6 is 23.2 Å². The summed E-state index contributed by atoms with van der Waals surface area (Å²) in [5.74, 6) is -0.465. The van der Waals surface area contributed by atoms with Crippen molar-refractivity contribution in [3.05, 3.63) is 93.6 Å². The predicted molar refractivity (Wildman–Crippen MR) is 137 cm³/mol. The highest BCUT2D eigenvalue weighted by molar-refractivity contribution is 6.36. The van der Waals surface area contributed by atoms with Gasteiger partial charge in [-0.15, -0.1) is 0 Å². The van der Waals surface area contributed by atoms with Crippen LogP contribution in [0.5, 0.6) is 0 Å². The van der Waals surface area contributed by atoms with Gasteiger partial charge >= 0.3 is 0 Å². The van der Waals surface area contributed by atoms with E-state index in [9.17, 15) is 9.65 Å². The fourth-order valence-electron chi connectivity index (χ4n) is 3.80. The van der Waals surface area contributed by atoms with Crippen molar-refractivity contribution in [2.24, 2.45) is 0 Å². The van der Waals surface area contributed by atoms with Crippen LogP contribution in [-0.4, -0.2) is 15.0 Å². The molecule has 9 nitrogen and oxygen atoms in total. The fourth-order valence-corrected chi connectivity index (χ4v) is 4.30. The molecular formula is C24H18Cl2FN9. The first kappa shape index (κ1) is 23.6. The van der Waals surface area contributed by atoms with Crippen molar-refractivity contribution in [3.63, 3.8) is 0 Å². The molecule has 1 aromatic carbocycles. The van der Waals surface area contributed by atoms with Crippen LogP contribution in [-0.2, 0) is 0 Å². The van der Waals surface area contributed by atoms with E-state index in [-0.39, 0.29) is 11.3 Å². The van der Waals surface area contributed by atoms with Gasteiger partial charge in [0.15, 0.2) is 0 Å². The predicted octanol–water partition coefficient (Wildman–Crippen LogP) is 5.00. The smallest absolute Gasteiger partial charge is 0.146 e. The Kier molecular flexibility index (Phi) is 6.43. The van der Waals surface area contributed by atoms with E-state index in [1.165, 1.54) is 18.5 Å². The maximum atomic E-state index is 14.1. The molecule has 0 saturated carbocycles. The Labute approximate surface area is 215 Å². The number of hydrogen-bond donors (Lipinski definition) is 5. The number of aromatic nitrogens is 3. The van der Waals surface area contributed by atoms with Crippen molar-refractivity contribution in [2.45, 2.75) is 13.0 Å². The van der Waals surface area contributed by atoms with Gasteiger partial charge in [0.1, 0.15) is 17.0 Å². The number of nitrogens with one attached hydrogen (secondary N) is 5. The van der Waals surface area contributed by atoms with Crippen LogP contribution in [0.1, 0.15) is 22.9 Å². The molecule has 0 radical (unpaired) electrons. The lowest BCUT2D eigenvalue weighted by Gasteiger charge is -2.23. The quantitative estimate of drug-likeness (QED) is 0.223. The molecule has 180 valence electrons. The SMILES string of the molecule is Cc1ncc(Nc2c(C#N)cnc3c(Cl)cc(N[C@H](C4=CNNN4)c4cccnc4Cl)cc23)cc1F. The van der Waals surface area contributed by atoms with E-state index >= 15 is 0 Å². The van der Waals surface area contributed by atoms with Crippen molar-refractivity contribution in [1.82, 2.24) is 31.3 Å². The van der Waals surface area contributed by atoms with Crippen molar-refractivity contribution < 1.29 is 4.39 Å². The van der Waals surface area contributed by atoms with Gasteiger partial charge in [-0.3, -0.25) is 9.97 Å². The molecule has 1 aliphatic rings. The average Bonchev–Trinajstić information content (AvgIpc) is 3.40. The second-order valence-electron chi connectivity index (χ2n) is 7.88. The van der Waals surface area contributed by atoms with Crippen molar-refractivity contribution >= 4 is 51.2 Å². The van der Waals surface area contributed by atoms with E-state index in [1.54, 1.807) is 31.5 Å². The minimum absolute atomic E-state index is 0.261. The Morgan fingerprint density at radius 1 is 1.11 bits per heavy atom. The number of rotatable bonds is 6.